The van der Waals surface area contributed by atoms with Crippen LogP contribution in [0.5, 0.6) is 0 Å². The molecule has 0 bridgehead atoms. The summed E-state index contributed by atoms with van der Waals surface area (Å²) in [7, 11) is 0. The summed E-state index contributed by atoms with van der Waals surface area (Å²) in [4.78, 5) is 39.1. The minimum atomic E-state index is -0.610. The number of anilines is 4. The molecule has 1 aromatic heterocycles. The lowest BCUT2D eigenvalue weighted by Crippen LogP contribution is -2.46. The molecule has 0 spiro atoms. The maximum absolute atomic E-state index is 12.1. The highest BCUT2D eigenvalue weighted by Gasteiger charge is 2.23. The number of hydrogen-bond acceptors (Lipinski definition) is 9. The quantitative estimate of drug-likeness (QED) is 0.449. The molecule has 2 aromatic rings. The molecule has 11 heteroatoms. The van der Waals surface area contributed by atoms with Gasteiger partial charge in [-0.3, -0.25) is 9.59 Å². The second-order valence-corrected chi connectivity index (χ2v) is 9.61. The van der Waals surface area contributed by atoms with Gasteiger partial charge >= 0.3 is 0 Å². The van der Waals surface area contributed by atoms with Crippen molar-refractivity contribution >= 4 is 40.5 Å². The molecule has 2 aliphatic heterocycles. The Morgan fingerprint density at radius 1 is 1.18 bits per heavy atom. The number of carbonyl (C=O) groups is 2. The molecule has 0 atom stereocenters. The van der Waals surface area contributed by atoms with E-state index in [1.165, 1.54) is 6.20 Å². The first-order chi connectivity index (χ1) is 18.3. The van der Waals surface area contributed by atoms with Crippen LogP contribution in [0, 0.1) is 11.3 Å². The molecule has 3 heterocycles. The number of likely N-dealkylation sites (tertiary alicyclic amines) is 1. The number of likely N-dealkylation sites (N-methyl/N-ethyl adjacent to an activating group) is 1. The van der Waals surface area contributed by atoms with Crippen LogP contribution in [-0.2, 0) is 9.59 Å². The summed E-state index contributed by atoms with van der Waals surface area (Å²) in [6, 6.07) is 8.00. The van der Waals surface area contributed by atoms with Crippen LogP contribution in [-0.4, -0.2) is 83.4 Å². The third-order valence-corrected chi connectivity index (χ3v) is 7.25. The van der Waals surface area contributed by atoms with E-state index >= 15 is 0 Å². The van der Waals surface area contributed by atoms with Crippen LogP contribution in [0.25, 0.3) is 5.57 Å². The summed E-state index contributed by atoms with van der Waals surface area (Å²) in [6.45, 7) is 13.7. The van der Waals surface area contributed by atoms with Crippen molar-refractivity contribution in [3.8, 4) is 6.07 Å². The van der Waals surface area contributed by atoms with E-state index in [0.29, 0.717) is 35.7 Å². The number of carbonyl (C=O) groups excluding carboxylic acids is 2. The van der Waals surface area contributed by atoms with Crippen LogP contribution in [0.2, 0.25) is 0 Å². The molecule has 4 N–H and O–H groups in total. The largest absolute Gasteiger partial charge is 0.369 e. The van der Waals surface area contributed by atoms with Crippen molar-refractivity contribution in [2.45, 2.75) is 32.7 Å². The topological polar surface area (TPSA) is 144 Å². The zero-order valence-corrected chi connectivity index (χ0v) is 22.0. The number of piperidine rings is 1. The summed E-state index contributed by atoms with van der Waals surface area (Å²) in [5.74, 6) is 0.153. The number of nitrogens with two attached hydrogens (primary N) is 1. The first-order valence-corrected chi connectivity index (χ1v) is 13.0. The maximum atomic E-state index is 12.1. The monoisotopic (exact) mass is 517 g/mol. The summed E-state index contributed by atoms with van der Waals surface area (Å²) in [5, 5.41) is 16.1. The van der Waals surface area contributed by atoms with Gasteiger partial charge in [-0.25, -0.2) is 4.98 Å². The lowest BCUT2D eigenvalue weighted by atomic mass is 10.0. The lowest BCUT2D eigenvalue weighted by molar-refractivity contribution is -0.129. The molecular weight excluding hydrogens is 482 g/mol. The molecule has 4 rings (SSSR count). The Hall–Kier alpha value is -4.17. The Bertz CT molecular complexity index is 1240. The van der Waals surface area contributed by atoms with Gasteiger partial charge < -0.3 is 31.1 Å². The summed E-state index contributed by atoms with van der Waals surface area (Å²) < 4.78 is 0. The Kier molecular flexibility index (Phi) is 8.43. The number of nitriles is 1. The maximum Gasteiger partial charge on any atom is 0.248 e. The normalized spacial score (nSPS) is 16.6. The lowest BCUT2D eigenvalue weighted by Gasteiger charge is -2.35. The fraction of sp³-hybridized carbons (Fsp3) is 0.444. The first kappa shape index (κ1) is 26.9. The standard InChI is InChI=1S/C27H35N9O2/c1-4-34-11-13-36(14-12-34)22-5-6-24(23(15-22)18(2)25(29)38)32-27-30-17-20(16-28)26(33-27)31-21-7-9-35(10-8-21)19(3)37/h5-6,15,17,21H,2,4,7-14H2,1,3H3,(H2,29,38)(H2,30,31,32,33). The van der Waals surface area contributed by atoms with Gasteiger partial charge in [0.25, 0.3) is 0 Å². The van der Waals surface area contributed by atoms with Crippen LogP contribution in [0.1, 0.15) is 37.8 Å². The third-order valence-electron chi connectivity index (χ3n) is 7.25. The van der Waals surface area contributed by atoms with Gasteiger partial charge in [0.1, 0.15) is 17.5 Å². The summed E-state index contributed by atoms with van der Waals surface area (Å²) in [5.41, 5.74) is 8.27. The average molecular weight is 518 g/mol. The molecule has 200 valence electrons. The molecule has 0 radical (unpaired) electrons. The Morgan fingerprint density at radius 3 is 2.50 bits per heavy atom. The molecule has 38 heavy (non-hydrogen) atoms. The number of amides is 2. The number of benzene rings is 1. The van der Waals surface area contributed by atoms with Gasteiger partial charge in [-0.15, -0.1) is 0 Å². The molecule has 1 aromatic carbocycles. The number of rotatable bonds is 8. The molecule has 2 aliphatic rings. The number of nitrogens with zero attached hydrogens (tertiary/aromatic N) is 6. The van der Waals surface area contributed by atoms with Crippen molar-refractivity contribution in [2.24, 2.45) is 5.73 Å². The predicted octanol–water partition coefficient (Wildman–Crippen LogP) is 2.16. The van der Waals surface area contributed by atoms with Crippen molar-refractivity contribution in [1.29, 1.82) is 5.26 Å². The zero-order chi connectivity index (χ0) is 27.2. The van der Waals surface area contributed by atoms with Crippen molar-refractivity contribution < 1.29 is 9.59 Å². The van der Waals surface area contributed by atoms with E-state index < -0.39 is 5.91 Å². The highest BCUT2D eigenvalue weighted by atomic mass is 16.2. The Balaban J connectivity index is 1.55. The van der Waals surface area contributed by atoms with E-state index in [0.717, 1.165) is 51.3 Å². The van der Waals surface area contributed by atoms with Gasteiger partial charge in [0, 0.05) is 74.7 Å². The van der Waals surface area contributed by atoms with E-state index in [4.69, 9.17) is 5.73 Å². The molecule has 0 aliphatic carbocycles. The molecule has 11 nitrogen and oxygen atoms in total. The van der Waals surface area contributed by atoms with Gasteiger partial charge in [-0.1, -0.05) is 13.5 Å². The predicted molar refractivity (Wildman–Crippen MR) is 148 cm³/mol. The van der Waals surface area contributed by atoms with E-state index in [9.17, 15) is 14.9 Å². The van der Waals surface area contributed by atoms with Crippen molar-refractivity contribution in [1.82, 2.24) is 19.8 Å². The fourth-order valence-electron chi connectivity index (χ4n) is 4.83. The molecule has 0 unspecified atom stereocenters. The Labute approximate surface area is 223 Å². The van der Waals surface area contributed by atoms with Crippen LogP contribution in [0.15, 0.2) is 31.0 Å². The average Bonchev–Trinajstić information content (AvgIpc) is 2.93. The summed E-state index contributed by atoms with van der Waals surface area (Å²) in [6.07, 6.45) is 2.98. The Morgan fingerprint density at radius 2 is 1.89 bits per heavy atom. The number of aromatic nitrogens is 2. The van der Waals surface area contributed by atoms with E-state index in [1.54, 1.807) is 6.92 Å². The van der Waals surface area contributed by atoms with Gasteiger partial charge in [-0.05, 0) is 37.6 Å². The number of primary amides is 1. The summed E-state index contributed by atoms with van der Waals surface area (Å²) >= 11 is 0. The molecule has 0 saturated carbocycles. The minimum Gasteiger partial charge on any atom is -0.369 e. The molecule has 2 amide bonds. The van der Waals surface area contributed by atoms with Crippen LogP contribution in [0.3, 0.4) is 0 Å². The third kappa shape index (κ3) is 6.20. The highest BCUT2D eigenvalue weighted by Crippen LogP contribution is 2.31. The highest BCUT2D eigenvalue weighted by molar-refractivity contribution is 6.19. The zero-order valence-electron chi connectivity index (χ0n) is 22.0. The molecule has 2 saturated heterocycles. The van der Waals surface area contributed by atoms with Crippen molar-refractivity contribution in [3.05, 3.63) is 42.1 Å². The van der Waals surface area contributed by atoms with Gasteiger partial charge in [0.15, 0.2) is 0 Å². The second kappa shape index (κ2) is 11.9. The SMILES string of the molecule is C=C(C(N)=O)c1cc(N2CCN(CC)CC2)ccc1Nc1ncc(C#N)c(NC2CCN(C(C)=O)CC2)n1. The molecule has 2 fully saturated rings. The van der Waals surface area contributed by atoms with E-state index in [-0.39, 0.29) is 23.5 Å². The first-order valence-electron chi connectivity index (χ1n) is 13.0. The van der Waals surface area contributed by atoms with E-state index in [1.807, 2.05) is 23.1 Å². The van der Waals surface area contributed by atoms with Crippen LogP contribution < -0.4 is 21.3 Å². The number of piperazine rings is 1. The molecular formula is C27H35N9O2. The second-order valence-electron chi connectivity index (χ2n) is 9.61. The fourth-order valence-corrected chi connectivity index (χ4v) is 4.83. The van der Waals surface area contributed by atoms with Crippen molar-refractivity contribution in [2.75, 3.05) is 61.3 Å². The van der Waals surface area contributed by atoms with Crippen LogP contribution in [0.4, 0.5) is 23.1 Å². The van der Waals surface area contributed by atoms with Gasteiger partial charge in [-0.2, -0.15) is 10.2 Å². The van der Waals surface area contributed by atoms with Crippen molar-refractivity contribution in [3.63, 3.8) is 0 Å². The minimum absolute atomic E-state index is 0.0669. The van der Waals surface area contributed by atoms with Gasteiger partial charge in [0.05, 0.1) is 6.20 Å². The van der Waals surface area contributed by atoms with Gasteiger partial charge in [0.2, 0.25) is 17.8 Å². The van der Waals surface area contributed by atoms with E-state index in [2.05, 4.69) is 50.0 Å². The van der Waals surface area contributed by atoms with Crippen LogP contribution >= 0.6 is 0 Å². The number of nitrogens with one attached hydrogen (secondary N) is 2. The number of hydrogen-bond donors (Lipinski definition) is 3. The smallest absolute Gasteiger partial charge is 0.248 e.